The number of hydrogen-bond acceptors (Lipinski definition) is 3. The number of anilines is 2. The molecule has 7 nitrogen and oxygen atoms in total. The number of rotatable bonds is 6. The van der Waals surface area contributed by atoms with E-state index in [1.165, 1.54) is 0 Å². The molecule has 0 radical (unpaired) electrons. The molecule has 4 amide bonds. The third-order valence-electron chi connectivity index (χ3n) is 4.13. The van der Waals surface area contributed by atoms with Gasteiger partial charge >= 0.3 is 6.03 Å². The second kappa shape index (κ2) is 9.18. The van der Waals surface area contributed by atoms with E-state index in [9.17, 15) is 14.4 Å². The molecule has 3 aromatic carbocycles. The molecule has 0 spiro atoms. The molecule has 0 saturated heterocycles. The predicted molar refractivity (Wildman–Crippen MR) is 111 cm³/mol. The fourth-order valence-electron chi connectivity index (χ4n) is 2.70. The molecule has 1 unspecified atom stereocenters. The molecule has 29 heavy (non-hydrogen) atoms. The van der Waals surface area contributed by atoms with Crippen molar-refractivity contribution in [1.29, 1.82) is 0 Å². The summed E-state index contributed by atoms with van der Waals surface area (Å²) < 4.78 is 0. The van der Waals surface area contributed by atoms with Crippen LogP contribution in [-0.4, -0.2) is 17.8 Å². The molecule has 0 bridgehead atoms. The Kier molecular flexibility index (Phi) is 6.22. The largest absolute Gasteiger partial charge is 0.368 e. The van der Waals surface area contributed by atoms with E-state index < -0.39 is 23.9 Å². The van der Waals surface area contributed by atoms with E-state index in [1.807, 2.05) is 24.3 Å². The molecule has 3 aromatic rings. The smallest absolute Gasteiger partial charge is 0.323 e. The van der Waals surface area contributed by atoms with Gasteiger partial charge in [-0.1, -0.05) is 48.5 Å². The van der Waals surface area contributed by atoms with Gasteiger partial charge in [-0.15, -0.1) is 0 Å². The SMILES string of the molecule is NC(=O)C(NC(=O)c1ccc(NC(=O)Nc2ccccc2)cc1)c1ccccc1. The van der Waals surface area contributed by atoms with Crippen LogP contribution in [0.25, 0.3) is 0 Å². The Hall–Kier alpha value is -4.13. The second-order valence-corrected chi connectivity index (χ2v) is 6.24. The van der Waals surface area contributed by atoms with Gasteiger partial charge in [-0.05, 0) is 42.0 Å². The number of carbonyl (C=O) groups excluding carboxylic acids is 3. The Bertz CT molecular complexity index is 990. The van der Waals surface area contributed by atoms with Crippen molar-refractivity contribution in [2.75, 3.05) is 10.6 Å². The lowest BCUT2D eigenvalue weighted by Crippen LogP contribution is -2.37. The van der Waals surface area contributed by atoms with Crippen LogP contribution in [0.15, 0.2) is 84.9 Å². The van der Waals surface area contributed by atoms with E-state index in [0.29, 0.717) is 22.5 Å². The molecule has 0 aliphatic heterocycles. The first kappa shape index (κ1) is 19.6. The summed E-state index contributed by atoms with van der Waals surface area (Å²) in [6.07, 6.45) is 0. The lowest BCUT2D eigenvalue weighted by Gasteiger charge is -2.16. The van der Waals surface area contributed by atoms with Crippen LogP contribution in [0.5, 0.6) is 0 Å². The third-order valence-corrected chi connectivity index (χ3v) is 4.13. The Labute approximate surface area is 167 Å². The lowest BCUT2D eigenvalue weighted by atomic mass is 10.1. The Morgan fingerprint density at radius 3 is 1.76 bits per heavy atom. The van der Waals surface area contributed by atoms with Crippen molar-refractivity contribution in [1.82, 2.24) is 5.32 Å². The molecule has 7 heteroatoms. The van der Waals surface area contributed by atoms with Gasteiger partial charge in [0.15, 0.2) is 0 Å². The van der Waals surface area contributed by atoms with Crippen molar-refractivity contribution in [3.05, 3.63) is 96.1 Å². The fourth-order valence-corrected chi connectivity index (χ4v) is 2.70. The van der Waals surface area contributed by atoms with Gasteiger partial charge < -0.3 is 21.7 Å². The summed E-state index contributed by atoms with van der Waals surface area (Å²) >= 11 is 0. The van der Waals surface area contributed by atoms with Crippen molar-refractivity contribution in [3.8, 4) is 0 Å². The summed E-state index contributed by atoms with van der Waals surface area (Å²) in [5, 5.41) is 8.02. The minimum Gasteiger partial charge on any atom is -0.368 e. The van der Waals surface area contributed by atoms with Crippen LogP contribution in [0.4, 0.5) is 16.2 Å². The van der Waals surface area contributed by atoms with Gasteiger partial charge in [0, 0.05) is 16.9 Å². The molecular formula is C22H20N4O3. The molecule has 0 heterocycles. The van der Waals surface area contributed by atoms with Crippen molar-refractivity contribution in [2.45, 2.75) is 6.04 Å². The van der Waals surface area contributed by atoms with E-state index in [-0.39, 0.29) is 0 Å². The molecule has 0 aromatic heterocycles. The molecule has 0 aliphatic carbocycles. The Morgan fingerprint density at radius 1 is 0.690 bits per heavy atom. The van der Waals surface area contributed by atoms with E-state index in [1.54, 1.807) is 60.7 Å². The highest BCUT2D eigenvalue weighted by atomic mass is 16.2. The number of carbonyl (C=O) groups is 3. The zero-order valence-electron chi connectivity index (χ0n) is 15.5. The van der Waals surface area contributed by atoms with E-state index >= 15 is 0 Å². The van der Waals surface area contributed by atoms with E-state index in [4.69, 9.17) is 5.73 Å². The van der Waals surface area contributed by atoms with E-state index in [0.717, 1.165) is 0 Å². The highest BCUT2D eigenvalue weighted by Gasteiger charge is 2.20. The topological polar surface area (TPSA) is 113 Å². The van der Waals surface area contributed by atoms with Crippen LogP contribution >= 0.6 is 0 Å². The zero-order valence-corrected chi connectivity index (χ0v) is 15.5. The van der Waals surface area contributed by atoms with Crippen molar-refractivity contribution >= 4 is 29.2 Å². The number of urea groups is 1. The zero-order chi connectivity index (χ0) is 20.6. The van der Waals surface area contributed by atoms with Gasteiger partial charge in [0.25, 0.3) is 5.91 Å². The average Bonchev–Trinajstić information content (AvgIpc) is 2.73. The van der Waals surface area contributed by atoms with Gasteiger partial charge in [-0.2, -0.15) is 0 Å². The normalized spacial score (nSPS) is 11.2. The number of para-hydroxylation sites is 1. The molecule has 1 atom stereocenters. The second-order valence-electron chi connectivity index (χ2n) is 6.24. The summed E-state index contributed by atoms with van der Waals surface area (Å²) in [7, 11) is 0. The van der Waals surface area contributed by atoms with Crippen molar-refractivity contribution in [3.63, 3.8) is 0 Å². The quantitative estimate of drug-likeness (QED) is 0.520. The first-order chi connectivity index (χ1) is 14.0. The molecule has 0 saturated carbocycles. The summed E-state index contributed by atoms with van der Waals surface area (Å²) in [4.78, 5) is 36.3. The number of nitrogens with two attached hydrogens (primary N) is 1. The third kappa shape index (κ3) is 5.43. The van der Waals surface area contributed by atoms with E-state index in [2.05, 4.69) is 16.0 Å². The molecule has 146 valence electrons. The number of benzene rings is 3. The van der Waals surface area contributed by atoms with Crippen molar-refractivity contribution < 1.29 is 14.4 Å². The number of amides is 4. The van der Waals surface area contributed by atoms with Crippen LogP contribution < -0.4 is 21.7 Å². The van der Waals surface area contributed by atoms with Crippen LogP contribution in [0, 0.1) is 0 Å². The van der Waals surface area contributed by atoms with Gasteiger partial charge in [0.2, 0.25) is 5.91 Å². The summed E-state index contributed by atoms with van der Waals surface area (Å²) in [5.41, 5.74) is 7.55. The highest BCUT2D eigenvalue weighted by molar-refractivity contribution is 6.01. The maximum atomic E-state index is 12.5. The standard InChI is InChI=1S/C22H20N4O3/c23-20(27)19(15-7-3-1-4-8-15)26-21(28)16-11-13-18(14-12-16)25-22(29)24-17-9-5-2-6-10-17/h1-14,19H,(H2,23,27)(H,26,28)(H2,24,25,29). The lowest BCUT2D eigenvalue weighted by molar-refractivity contribution is -0.120. The molecule has 0 aliphatic rings. The van der Waals surface area contributed by atoms with Crippen LogP contribution in [0.2, 0.25) is 0 Å². The Balaban J connectivity index is 1.62. The minimum atomic E-state index is -0.932. The van der Waals surface area contributed by atoms with Crippen LogP contribution in [-0.2, 0) is 4.79 Å². The monoisotopic (exact) mass is 388 g/mol. The predicted octanol–water partition coefficient (Wildman–Crippen LogP) is 3.29. The maximum Gasteiger partial charge on any atom is 0.323 e. The minimum absolute atomic E-state index is 0.334. The summed E-state index contributed by atoms with van der Waals surface area (Å²) in [6.45, 7) is 0. The van der Waals surface area contributed by atoms with Gasteiger partial charge in [0.05, 0.1) is 0 Å². The first-order valence-corrected chi connectivity index (χ1v) is 8.91. The van der Waals surface area contributed by atoms with Crippen molar-refractivity contribution in [2.24, 2.45) is 5.73 Å². The Morgan fingerprint density at radius 2 is 1.21 bits per heavy atom. The highest BCUT2D eigenvalue weighted by Crippen LogP contribution is 2.15. The fraction of sp³-hybridized carbons (Fsp3) is 0.0455. The van der Waals surface area contributed by atoms with Gasteiger partial charge in [-0.3, -0.25) is 9.59 Å². The molecular weight excluding hydrogens is 368 g/mol. The van der Waals surface area contributed by atoms with Crippen LogP contribution in [0.3, 0.4) is 0 Å². The van der Waals surface area contributed by atoms with Gasteiger partial charge in [0.1, 0.15) is 6.04 Å². The molecule has 5 N–H and O–H groups in total. The number of nitrogens with one attached hydrogen (secondary N) is 3. The number of hydrogen-bond donors (Lipinski definition) is 4. The number of primary amides is 1. The van der Waals surface area contributed by atoms with Gasteiger partial charge in [-0.25, -0.2) is 4.79 Å². The van der Waals surface area contributed by atoms with Crippen LogP contribution in [0.1, 0.15) is 22.0 Å². The average molecular weight is 388 g/mol. The molecule has 3 rings (SSSR count). The first-order valence-electron chi connectivity index (χ1n) is 8.91. The summed E-state index contributed by atoms with van der Waals surface area (Å²) in [6, 6.07) is 22.8. The molecule has 0 fully saturated rings. The maximum absolute atomic E-state index is 12.5. The summed E-state index contributed by atoms with van der Waals surface area (Å²) in [5.74, 6) is -1.10.